The van der Waals surface area contributed by atoms with Crippen molar-refractivity contribution in [2.24, 2.45) is 5.92 Å². The minimum absolute atomic E-state index is 0.185. The van der Waals surface area contributed by atoms with E-state index in [1.54, 1.807) is 17.7 Å². The van der Waals surface area contributed by atoms with Gasteiger partial charge in [0, 0.05) is 24.9 Å². The lowest BCUT2D eigenvalue weighted by molar-refractivity contribution is 0.272. The molecule has 0 aliphatic heterocycles. The molecular weight excluding hydrogens is 268 g/mol. The first-order valence-electron chi connectivity index (χ1n) is 7.33. The standard InChI is InChI=1S/C16H22N2O3/c1-11(7-9-19)14-5-3-4-13(14)6-8-18-10-12(2)15(20)17-16(18)21/h4-5,10-11,19H,3,6-9H2,1-2H3,(H,17,20,21)/t11-/m0/s1. The minimum Gasteiger partial charge on any atom is -0.396 e. The molecule has 1 aliphatic carbocycles. The smallest absolute Gasteiger partial charge is 0.328 e. The molecule has 1 aromatic heterocycles. The van der Waals surface area contributed by atoms with E-state index in [2.05, 4.69) is 24.1 Å². The van der Waals surface area contributed by atoms with Crippen molar-refractivity contribution >= 4 is 0 Å². The zero-order valence-electron chi connectivity index (χ0n) is 12.6. The second-order valence-corrected chi connectivity index (χ2v) is 5.55. The molecule has 0 radical (unpaired) electrons. The van der Waals surface area contributed by atoms with Crippen molar-refractivity contribution in [3.05, 3.63) is 55.9 Å². The normalized spacial score (nSPS) is 15.8. The van der Waals surface area contributed by atoms with E-state index in [9.17, 15) is 9.59 Å². The number of hydrogen-bond acceptors (Lipinski definition) is 3. The average Bonchev–Trinajstić information content (AvgIpc) is 2.90. The fourth-order valence-electron chi connectivity index (χ4n) is 2.72. The second kappa shape index (κ2) is 6.72. The maximum absolute atomic E-state index is 11.8. The second-order valence-electron chi connectivity index (χ2n) is 5.55. The number of aromatic nitrogens is 2. The summed E-state index contributed by atoms with van der Waals surface area (Å²) in [6.07, 6.45) is 8.40. The van der Waals surface area contributed by atoms with Gasteiger partial charge in [0.15, 0.2) is 0 Å². The van der Waals surface area contributed by atoms with Crippen molar-refractivity contribution in [3.63, 3.8) is 0 Å². The highest BCUT2D eigenvalue weighted by molar-refractivity contribution is 5.38. The Morgan fingerprint density at radius 1 is 1.38 bits per heavy atom. The minimum atomic E-state index is -0.363. The Morgan fingerprint density at radius 2 is 2.14 bits per heavy atom. The first-order valence-corrected chi connectivity index (χ1v) is 7.33. The van der Waals surface area contributed by atoms with Crippen LogP contribution in [0.15, 0.2) is 39.1 Å². The summed E-state index contributed by atoms with van der Waals surface area (Å²) in [5.41, 5.74) is 2.37. The molecule has 1 aliphatic rings. The number of aliphatic hydroxyl groups is 1. The van der Waals surface area contributed by atoms with Crippen LogP contribution in [0.25, 0.3) is 0 Å². The molecule has 0 aromatic carbocycles. The number of hydrogen-bond donors (Lipinski definition) is 2. The van der Waals surface area contributed by atoms with E-state index in [0.29, 0.717) is 18.0 Å². The summed E-state index contributed by atoms with van der Waals surface area (Å²) >= 11 is 0. The molecule has 0 bridgehead atoms. The third kappa shape index (κ3) is 3.61. The summed E-state index contributed by atoms with van der Waals surface area (Å²) in [7, 11) is 0. The van der Waals surface area contributed by atoms with E-state index in [4.69, 9.17) is 5.11 Å². The lowest BCUT2D eigenvalue weighted by atomic mass is 9.92. The monoisotopic (exact) mass is 290 g/mol. The predicted octanol–water partition coefficient (Wildman–Crippen LogP) is 1.51. The van der Waals surface area contributed by atoms with Crippen LogP contribution in [-0.4, -0.2) is 21.3 Å². The van der Waals surface area contributed by atoms with Gasteiger partial charge in [0.25, 0.3) is 5.56 Å². The van der Waals surface area contributed by atoms with Gasteiger partial charge in [-0.3, -0.25) is 14.3 Å². The number of aliphatic hydroxyl groups excluding tert-OH is 1. The fraction of sp³-hybridized carbons (Fsp3) is 0.500. The van der Waals surface area contributed by atoms with Crippen LogP contribution in [0.2, 0.25) is 0 Å². The molecule has 0 saturated carbocycles. The maximum Gasteiger partial charge on any atom is 0.328 e. The quantitative estimate of drug-likeness (QED) is 0.834. The number of rotatable bonds is 6. The molecule has 0 saturated heterocycles. The number of nitrogens with zero attached hydrogens (tertiary/aromatic N) is 1. The van der Waals surface area contributed by atoms with E-state index in [1.165, 1.54) is 11.1 Å². The summed E-state index contributed by atoms with van der Waals surface area (Å²) in [4.78, 5) is 25.4. The Morgan fingerprint density at radius 3 is 2.86 bits per heavy atom. The number of allylic oxidation sites excluding steroid dienone is 4. The van der Waals surface area contributed by atoms with Crippen LogP contribution in [0.1, 0.15) is 31.7 Å². The molecule has 1 heterocycles. The van der Waals surface area contributed by atoms with Crippen molar-refractivity contribution in [2.75, 3.05) is 6.61 Å². The molecule has 0 unspecified atom stereocenters. The van der Waals surface area contributed by atoms with E-state index < -0.39 is 0 Å². The van der Waals surface area contributed by atoms with Crippen LogP contribution < -0.4 is 11.2 Å². The summed E-state index contributed by atoms with van der Waals surface area (Å²) < 4.78 is 1.55. The Balaban J connectivity index is 2.07. The van der Waals surface area contributed by atoms with Crippen molar-refractivity contribution in [1.82, 2.24) is 9.55 Å². The summed E-state index contributed by atoms with van der Waals surface area (Å²) in [6, 6.07) is 0. The van der Waals surface area contributed by atoms with Crippen LogP contribution in [-0.2, 0) is 6.54 Å². The molecule has 1 aromatic rings. The van der Waals surface area contributed by atoms with Gasteiger partial charge in [-0.25, -0.2) is 4.79 Å². The van der Waals surface area contributed by atoms with Crippen LogP contribution >= 0.6 is 0 Å². The number of aromatic amines is 1. The predicted molar refractivity (Wildman–Crippen MR) is 82.3 cm³/mol. The van der Waals surface area contributed by atoms with E-state index in [1.807, 2.05) is 0 Å². The summed E-state index contributed by atoms with van der Waals surface area (Å²) in [6.45, 7) is 4.53. The number of aryl methyl sites for hydroxylation is 2. The van der Waals surface area contributed by atoms with Crippen molar-refractivity contribution in [2.45, 2.75) is 39.7 Å². The Hall–Kier alpha value is -1.88. The van der Waals surface area contributed by atoms with E-state index in [-0.39, 0.29) is 17.9 Å². The van der Waals surface area contributed by atoms with Gasteiger partial charge in [0.2, 0.25) is 0 Å². The van der Waals surface area contributed by atoms with Crippen LogP contribution in [0, 0.1) is 12.8 Å². The maximum atomic E-state index is 11.8. The van der Waals surface area contributed by atoms with Gasteiger partial charge in [-0.15, -0.1) is 0 Å². The third-order valence-corrected chi connectivity index (χ3v) is 3.98. The van der Waals surface area contributed by atoms with E-state index in [0.717, 1.165) is 19.3 Å². The molecule has 2 rings (SSSR count). The molecule has 21 heavy (non-hydrogen) atoms. The van der Waals surface area contributed by atoms with Gasteiger partial charge in [0.05, 0.1) is 0 Å². The van der Waals surface area contributed by atoms with Crippen LogP contribution in [0.3, 0.4) is 0 Å². The van der Waals surface area contributed by atoms with Crippen molar-refractivity contribution in [3.8, 4) is 0 Å². The highest BCUT2D eigenvalue weighted by atomic mass is 16.3. The van der Waals surface area contributed by atoms with Crippen LogP contribution in [0.4, 0.5) is 0 Å². The zero-order valence-corrected chi connectivity index (χ0v) is 12.6. The van der Waals surface area contributed by atoms with Gasteiger partial charge >= 0.3 is 5.69 Å². The van der Waals surface area contributed by atoms with Gasteiger partial charge in [-0.1, -0.05) is 19.1 Å². The van der Waals surface area contributed by atoms with Crippen LogP contribution in [0.5, 0.6) is 0 Å². The van der Waals surface area contributed by atoms with Crippen molar-refractivity contribution < 1.29 is 5.11 Å². The molecule has 114 valence electrons. The topological polar surface area (TPSA) is 75.1 Å². The van der Waals surface area contributed by atoms with Gasteiger partial charge in [0.1, 0.15) is 0 Å². The lowest BCUT2D eigenvalue weighted by Crippen LogP contribution is -2.30. The highest BCUT2D eigenvalue weighted by Gasteiger charge is 2.16. The van der Waals surface area contributed by atoms with E-state index >= 15 is 0 Å². The molecule has 2 N–H and O–H groups in total. The Labute approximate surface area is 123 Å². The molecule has 0 fully saturated rings. The third-order valence-electron chi connectivity index (χ3n) is 3.98. The molecule has 5 heteroatoms. The number of H-pyrrole nitrogens is 1. The van der Waals surface area contributed by atoms with Gasteiger partial charge < -0.3 is 5.11 Å². The summed E-state index contributed by atoms with van der Waals surface area (Å²) in [5, 5.41) is 9.06. The highest BCUT2D eigenvalue weighted by Crippen LogP contribution is 2.30. The Kier molecular flexibility index (Phi) is 4.96. The SMILES string of the molecule is Cc1cn(CCC2=CCC=C2[C@@H](C)CCO)c(=O)[nH]c1=O. The first kappa shape index (κ1) is 15.5. The first-order chi connectivity index (χ1) is 10.0. The molecular formula is C16H22N2O3. The average molecular weight is 290 g/mol. The Bertz CT molecular complexity index is 679. The van der Waals surface area contributed by atoms with Gasteiger partial charge in [-0.2, -0.15) is 0 Å². The molecule has 0 spiro atoms. The fourth-order valence-corrected chi connectivity index (χ4v) is 2.72. The number of nitrogens with one attached hydrogen (secondary N) is 1. The summed E-state index contributed by atoms with van der Waals surface area (Å²) in [5.74, 6) is 0.331. The largest absolute Gasteiger partial charge is 0.396 e. The zero-order chi connectivity index (χ0) is 15.4. The van der Waals surface area contributed by atoms with Gasteiger partial charge in [-0.05, 0) is 43.3 Å². The lowest BCUT2D eigenvalue weighted by Gasteiger charge is -2.16. The van der Waals surface area contributed by atoms with Crippen molar-refractivity contribution in [1.29, 1.82) is 0 Å². The molecule has 5 nitrogen and oxygen atoms in total. The molecule has 0 amide bonds. The molecule has 1 atom stereocenters.